The molecule has 3 unspecified atom stereocenters. The number of piperidine rings is 1. The summed E-state index contributed by atoms with van der Waals surface area (Å²) in [5.41, 5.74) is 1.36. The monoisotopic (exact) mass is 424 g/mol. The van der Waals surface area contributed by atoms with Gasteiger partial charge < -0.3 is 10.2 Å². The summed E-state index contributed by atoms with van der Waals surface area (Å²) in [7, 11) is 0. The summed E-state index contributed by atoms with van der Waals surface area (Å²) >= 11 is 6.22. The second-order valence-electron chi connectivity index (χ2n) is 8.46. The molecule has 0 aromatic heterocycles. The van der Waals surface area contributed by atoms with Crippen LogP contribution in [0.15, 0.2) is 54.6 Å². The summed E-state index contributed by atoms with van der Waals surface area (Å²) in [6.45, 7) is 0.833. The van der Waals surface area contributed by atoms with Crippen molar-refractivity contribution in [2.45, 2.75) is 57.0 Å². The molecule has 4 nitrogen and oxygen atoms in total. The molecule has 1 aliphatic carbocycles. The number of nitrogens with one attached hydrogen (secondary N) is 1. The number of amides is 2. The van der Waals surface area contributed by atoms with Gasteiger partial charge >= 0.3 is 0 Å². The van der Waals surface area contributed by atoms with Crippen molar-refractivity contribution in [3.63, 3.8) is 0 Å². The van der Waals surface area contributed by atoms with E-state index in [0.717, 1.165) is 24.9 Å². The van der Waals surface area contributed by atoms with Crippen molar-refractivity contribution >= 4 is 23.4 Å². The van der Waals surface area contributed by atoms with Gasteiger partial charge in [0.1, 0.15) is 0 Å². The van der Waals surface area contributed by atoms with Gasteiger partial charge in [-0.25, -0.2) is 0 Å². The third-order valence-electron chi connectivity index (χ3n) is 6.57. The number of fused-ring (bicyclic) bond motifs is 1. The number of carbonyl (C=O) groups excluding carboxylic acids is 2. The molecule has 5 heteroatoms. The van der Waals surface area contributed by atoms with Gasteiger partial charge in [0.05, 0.1) is 23.0 Å². The number of hydrogen-bond donors (Lipinski definition) is 1. The Morgan fingerprint density at radius 1 is 0.967 bits per heavy atom. The summed E-state index contributed by atoms with van der Waals surface area (Å²) in [6.07, 6.45) is 7.41. The van der Waals surface area contributed by atoms with Gasteiger partial charge in [0.15, 0.2) is 0 Å². The Labute approximate surface area is 183 Å². The minimum Gasteiger partial charge on any atom is -0.345 e. The van der Waals surface area contributed by atoms with Gasteiger partial charge in [-0.3, -0.25) is 9.59 Å². The van der Waals surface area contributed by atoms with E-state index >= 15 is 0 Å². The number of likely N-dealkylation sites (tertiary alicyclic amines) is 1. The third-order valence-corrected chi connectivity index (χ3v) is 6.90. The van der Waals surface area contributed by atoms with E-state index in [4.69, 9.17) is 11.6 Å². The van der Waals surface area contributed by atoms with Crippen LogP contribution in [0.4, 0.5) is 0 Å². The summed E-state index contributed by atoms with van der Waals surface area (Å²) in [4.78, 5) is 28.4. The molecule has 1 saturated carbocycles. The van der Waals surface area contributed by atoms with E-state index in [2.05, 4.69) is 10.2 Å². The minimum atomic E-state index is -0.383. The normalized spacial score (nSPS) is 22.1. The van der Waals surface area contributed by atoms with Crippen LogP contribution in [-0.4, -0.2) is 29.3 Å². The smallest absolute Gasteiger partial charge is 0.253 e. The Morgan fingerprint density at radius 2 is 1.67 bits per heavy atom. The van der Waals surface area contributed by atoms with Crippen molar-refractivity contribution < 1.29 is 9.59 Å². The molecule has 1 N–H and O–H groups in total. The molecule has 0 spiro atoms. The average molecular weight is 425 g/mol. The lowest BCUT2D eigenvalue weighted by Crippen LogP contribution is -2.50. The molecule has 158 valence electrons. The van der Waals surface area contributed by atoms with E-state index in [-0.39, 0.29) is 24.3 Å². The molecule has 2 amide bonds. The van der Waals surface area contributed by atoms with Gasteiger partial charge in [0.2, 0.25) is 5.91 Å². The number of benzene rings is 2. The largest absolute Gasteiger partial charge is 0.345 e. The molecule has 2 aliphatic rings. The van der Waals surface area contributed by atoms with Crippen molar-refractivity contribution in [1.29, 1.82) is 0 Å². The Balaban J connectivity index is 1.52. The second kappa shape index (κ2) is 9.65. The van der Waals surface area contributed by atoms with Crippen molar-refractivity contribution in [3.05, 3.63) is 70.7 Å². The van der Waals surface area contributed by atoms with Crippen molar-refractivity contribution in [1.82, 2.24) is 10.2 Å². The van der Waals surface area contributed by atoms with Crippen LogP contribution in [0.25, 0.3) is 0 Å². The summed E-state index contributed by atoms with van der Waals surface area (Å²) in [6, 6.07) is 16.7. The topological polar surface area (TPSA) is 49.4 Å². The maximum atomic E-state index is 13.4. The van der Waals surface area contributed by atoms with Crippen LogP contribution in [0, 0.1) is 5.92 Å². The minimum absolute atomic E-state index is 0.139. The number of nitrogens with zero attached hydrogens (tertiary/aromatic N) is 1. The zero-order chi connectivity index (χ0) is 20.9. The zero-order valence-electron chi connectivity index (χ0n) is 17.2. The highest BCUT2D eigenvalue weighted by molar-refractivity contribution is 6.33. The van der Waals surface area contributed by atoms with Crippen LogP contribution in [-0.2, 0) is 4.79 Å². The van der Waals surface area contributed by atoms with E-state index in [9.17, 15) is 9.59 Å². The highest BCUT2D eigenvalue weighted by Gasteiger charge is 2.36. The van der Waals surface area contributed by atoms with Crippen molar-refractivity contribution in [3.8, 4) is 0 Å². The maximum Gasteiger partial charge on any atom is 0.253 e. The summed E-state index contributed by atoms with van der Waals surface area (Å²) in [5, 5.41) is 3.47. The molecule has 4 rings (SSSR count). The number of hydrogen-bond acceptors (Lipinski definition) is 2. The van der Waals surface area contributed by atoms with Crippen LogP contribution < -0.4 is 5.32 Å². The highest BCUT2D eigenvalue weighted by atomic mass is 35.5. The van der Waals surface area contributed by atoms with E-state index < -0.39 is 0 Å². The van der Waals surface area contributed by atoms with Crippen LogP contribution in [0.3, 0.4) is 0 Å². The van der Waals surface area contributed by atoms with Gasteiger partial charge in [-0.2, -0.15) is 0 Å². The van der Waals surface area contributed by atoms with Crippen molar-refractivity contribution in [2.75, 3.05) is 6.54 Å². The quantitative estimate of drug-likeness (QED) is 0.700. The van der Waals surface area contributed by atoms with Crippen LogP contribution >= 0.6 is 11.6 Å². The number of rotatable bonds is 5. The molecule has 0 radical (unpaired) electrons. The first-order valence-corrected chi connectivity index (χ1v) is 11.4. The molecule has 0 bridgehead atoms. The average Bonchev–Trinajstić information content (AvgIpc) is 2.79. The van der Waals surface area contributed by atoms with E-state index in [1.807, 2.05) is 30.3 Å². The van der Waals surface area contributed by atoms with Gasteiger partial charge in [0.25, 0.3) is 5.91 Å². The standard InChI is InChI=1S/C25H29ClN2O2/c26-21-14-6-5-13-20(21)25(30)27-22(18-9-2-1-3-10-18)17-24(29)28-16-8-12-19-11-4-7-15-23(19)28/h1-3,5-6,9-10,13-14,19,22-23H,4,7-8,11-12,15-17H2,(H,27,30). The van der Waals surface area contributed by atoms with Crippen LogP contribution in [0.1, 0.15) is 66.9 Å². The summed E-state index contributed by atoms with van der Waals surface area (Å²) in [5.74, 6) is 0.528. The Hall–Kier alpha value is -2.33. The van der Waals surface area contributed by atoms with Crippen LogP contribution in [0.2, 0.25) is 5.02 Å². The maximum absolute atomic E-state index is 13.4. The fraction of sp³-hybridized carbons (Fsp3) is 0.440. The molecule has 3 atom stereocenters. The fourth-order valence-electron chi connectivity index (χ4n) is 5.05. The Morgan fingerprint density at radius 3 is 2.47 bits per heavy atom. The molecule has 1 saturated heterocycles. The number of carbonyl (C=O) groups is 2. The van der Waals surface area contributed by atoms with Gasteiger partial charge in [0, 0.05) is 12.6 Å². The van der Waals surface area contributed by atoms with Gasteiger partial charge in [-0.15, -0.1) is 0 Å². The number of halogens is 1. The first-order valence-electron chi connectivity index (χ1n) is 11.0. The zero-order valence-corrected chi connectivity index (χ0v) is 18.0. The predicted molar refractivity (Wildman–Crippen MR) is 119 cm³/mol. The molecular weight excluding hydrogens is 396 g/mol. The van der Waals surface area contributed by atoms with Crippen LogP contribution in [0.5, 0.6) is 0 Å². The molecular formula is C25H29ClN2O2. The lowest BCUT2D eigenvalue weighted by molar-refractivity contribution is -0.138. The van der Waals surface area contributed by atoms with E-state index in [1.54, 1.807) is 24.3 Å². The van der Waals surface area contributed by atoms with E-state index in [1.165, 1.54) is 25.7 Å². The van der Waals surface area contributed by atoms with Crippen molar-refractivity contribution in [2.24, 2.45) is 5.92 Å². The molecule has 30 heavy (non-hydrogen) atoms. The second-order valence-corrected chi connectivity index (χ2v) is 8.87. The lowest BCUT2D eigenvalue weighted by Gasteiger charge is -2.44. The summed E-state index contributed by atoms with van der Waals surface area (Å²) < 4.78 is 0. The fourth-order valence-corrected chi connectivity index (χ4v) is 5.27. The van der Waals surface area contributed by atoms with Gasteiger partial charge in [-0.05, 0) is 49.3 Å². The lowest BCUT2D eigenvalue weighted by atomic mass is 9.78. The SMILES string of the molecule is O=C(NC(CC(=O)N1CCCC2CCCCC21)c1ccccc1)c1ccccc1Cl. The first kappa shape index (κ1) is 20.9. The molecule has 2 aromatic carbocycles. The predicted octanol–water partition coefficient (Wildman–Crippen LogP) is 5.38. The third kappa shape index (κ3) is 4.70. The Bertz CT molecular complexity index is 884. The highest BCUT2D eigenvalue weighted by Crippen LogP contribution is 2.36. The Kier molecular flexibility index (Phi) is 6.73. The molecule has 1 heterocycles. The molecule has 2 fully saturated rings. The first-order chi connectivity index (χ1) is 14.6. The molecule has 1 aliphatic heterocycles. The van der Waals surface area contributed by atoms with Gasteiger partial charge in [-0.1, -0.05) is 66.9 Å². The molecule has 2 aromatic rings. The van der Waals surface area contributed by atoms with E-state index in [0.29, 0.717) is 22.5 Å².